The Morgan fingerprint density at radius 3 is 1.50 bits per heavy atom. The molecule has 0 atom stereocenters. The number of hydrogen-bond donors (Lipinski definition) is 0. The minimum atomic E-state index is -0.102. The van der Waals surface area contributed by atoms with Crippen molar-refractivity contribution >= 4 is 11.6 Å². The zero-order valence-corrected chi connectivity index (χ0v) is 4.39. The highest BCUT2D eigenvalue weighted by atomic mass is 16.2. The van der Waals surface area contributed by atoms with Crippen LogP contribution in [0.1, 0.15) is 12.8 Å². The van der Waals surface area contributed by atoms with Crippen LogP contribution in [0.2, 0.25) is 0 Å². The molecular formula is C6H6O2. The van der Waals surface area contributed by atoms with Crippen LogP contribution in [-0.4, -0.2) is 11.6 Å². The molecule has 2 nitrogen and oxygen atoms in total. The van der Waals surface area contributed by atoms with Gasteiger partial charge in [-0.2, -0.15) is 0 Å². The van der Waals surface area contributed by atoms with Crippen molar-refractivity contribution < 1.29 is 9.59 Å². The van der Waals surface area contributed by atoms with E-state index in [0.717, 1.165) is 12.8 Å². The Labute approximate surface area is 46.9 Å². The number of fused-ring (bicyclic) bond motifs is 1. The first-order valence-electron chi connectivity index (χ1n) is 2.87. The molecule has 0 saturated heterocycles. The number of carbonyl (C=O) groups excluding carboxylic acids is 2. The van der Waals surface area contributed by atoms with E-state index in [4.69, 9.17) is 0 Å². The molecule has 0 aromatic rings. The van der Waals surface area contributed by atoms with E-state index < -0.39 is 0 Å². The molecule has 3 rings (SSSR count). The minimum absolute atomic E-state index is 0.102. The van der Waals surface area contributed by atoms with Crippen LogP contribution in [0.25, 0.3) is 0 Å². The predicted octanol–water partition coefficient (Wildman–Crippen LogP) is 0.164. The molecule has 8 heavy (non-hydrogen) atoms. The van der Waals surface area contributed by atoms with Gasteiger partial charge in [0.05, 0.1) is 0 Å². The summed E-state index contributed by atoms with van der Waals surface area (Å²) in [4.78, 5) is 21.2. The number of hydrogen-bond acceptors (Lipinski definition) is 2. The largest absolute Gasteiger partial charge is 0.291 e. The van der Waals surface area contributed by atoms with Crippen molar-refractivity contribution in [2.75, 3.05) is 0 Å². The highest BCUT2D eigenvalue weighted by molar-refractivity contribution is 6.42. The lowest BCUT2D eigenvalue weighted by molar-refractivity contribution is -0.134. The van der Waals surface area contributed by atoms with E-state index in [2.05, 4.69) is 0 Å². The maximum Gasteiger partial charge on any atom is 0.201 e. The van der Waals surface area contributed by atoms with Crippen LogP contribution in [0.4, 0.5) is 0 Å². The van der Waals surface area contributed by atoms with Crippen molar-refractivity contribution in [3.63, 3.8) is 0 Å². The second-order valence-electron chi connectivity index (χ2n) is 2.59. The molecule has 0 N–H and O–H groups in total. The van der Waals surface area contributed by atoms with Crippen LogP contribution < -0.4 is 0 Å². The first-order valence-corrected chi connectivity index (χ1v) is 2.87. The smallest absolute Gasteiger partial charge is 0.201 e. The zero-order valence-electron chi connectivity index (χ0n) is 4.39. The molecule has 0 amide bonds. The Morgan fingerprint density at radius 2 is 1.38 bits per heavy atom. The molecule has 3 aliphatic rings. The molecule has 0 radical (unpaired) electrons. The van der Waals surface area contributed by atoms with Crippen molar-refractivity contribution in [2.24, 2.45) is 11.8 Å². The Bertz CT molecular complexity index is 147. The first-order chi connectivity index (χ1) is 3.79. The lowest BCUT2D eigenvalue weighted by Crippen LogP contribution is -2.14. The molecule has 3 saturated carbocycles. The van der Waals surface area contributed by atoms with E-state index in [0.29, 0.717) is 0 Å². The number of carbonyl (C=O) groups is 2. The normalized spacial score (nSPS) is 42.5. The molecule has 3 aliphatic carbocycles. The molecule has 0 aromatic heterocycles. The van der Waals surface area contributed by atoms with Gasteiger partial charge in [-0.05, 0) is 12.8 Å². The van der Waals surface area contributed by atoms with E-state index in [-0.39, 0.29) is 23.4 Å². The monoisotopic (exact) mass is 110 g/mol. The van der Waals surface area contributed by atoms with E-state index in [1.165, 1.54) is 0 Å². The second kappa shape index (κ2) is 1.02. The number of rotatable bonds is 0. The van der Waals surface area contributed by atoms with E-state index in [9.17, 15) is 9.59 Å². The van der Waals surface area contributed by atoms with Crippen LogP contribution >= 0.6 is 0 Å². The van der Waals surface area contributed by atoms with Crippen molar-refractivity contribution in [1.82, 2.24) is 0 Å². The molecule has 0 unspecified atom stereocenters. The quantitative estimate of drug-likeness (QED) is 0.416. The summed E-state index contributed by atoms with van der Waals surface area (Å²) < 4.78 is 0. The minimum Gasteiger partial charge on any atom is -0.291 e. The summed E-state index contributed by atoms with van der Waals surface area (Å²) in [5.41, 5.74) is 0. The van der Waals surface area contributed by atoms with Gasteiger partial charge in [-0.1, -0.05) is 0 Å². The van der Waals surface area contributed by atoms with Crippen LogP contribution in [0.3, 0.4) is 0 Å². The third-order valence-corrected chi connectivity index (χ3v) is 2.12. The Morgan fingerprint density at radius 1 is 1.00 bits per heavy atom. The topological polar surface area (TPSA) is 34.1 Å². The molecule has 0 spiro atoms. The third kappa shape index (κ3) is 0.269. The van der Waals surface area contributed by atoms with Gasteiger partial charge in [0, 0.05) is 11.8 Å². The van der Waals surface area contributed by atoms with Gasteiger partial charge < -0.3 is 0 Å². The molecule has 0 aliphatic heterocycles. The first kappa shape index (κ1) is 4.24. The maximum atomic E-state index is 10.6. The van der Waals surface area contributed by atoms with Crippen molar-refractivity contribution in [1.29, 1.82) is 0 Å². The average Bonchev–Trinajstić information content (AvgIpc) is 1.89. The summed E-state index contributed by atoms with van der Waals surface area (Å²) in [6.45, 7) is 0. The fourth-order valence-electron chi connectivity index (χ4n) is 1.45. The zero-order chi connectivity index (χ0) is 5.72. The summed E-state index contributed by atoms with van der Waals surface area (Å²) in [5, 5.41) is 0. The maximum absolute atomic E-state index is 10.6. The van der Waals surface area contributed by atoms with Gasteiger partial charge in [0.2, 0.25) is 11.6 Å². The van der Waals surface area contributed by atoms with Gasteiger partial charge in [-0.3, -0.25) is 9.59 Å². The van der Waals surface area contributed by atoms with E-state index in [1.807, 2.05) is 0 Å². The van der Waals surface area contributed by atoms with E-state index in [1.54, 1.807) is 0 Å². The van der Waals surface area contributed by atoms with E-state index >= 15 is 0 Å². The van der Waals surface area contributed by atoms with Crippen LogP contribution in [0.15, 0.2) is 0 Å². The molecule has 3 fully saturated rings. The molecule has 2 bridgehead atoms. The van der Waals surface area contributed by atoms with Crippen molar-refractivity contribution in [3.8, 4) is 0 Å². The van der Waals surface area contributed by atoms with Crippen LogP contribution in [0.5, 0.6) is 0 Å². The van der Waals surface area contributed by atoms with Gasteiger partial charge in [-0.25, -0.2) is 0 Å². The Hall–Kier alpha value is -0.660. The molecule has 0 aromatic carbocycles. The van der Waals surface area contributed by atoms with Gasteiger partial charge in [0.1, 0.15) is 0 Å². The summed E-state index contributed by atoms with van der Waals surface area (Å²) in [6, 6.07) is 0. The van der Waals surface area contributed by atoms with Gasteiger partial charge in [-0.15, -0.1) is 0 Å². The Balaban J connectivity index is 2.40. The summed E-state index contributed by atoms with van der Waals surface area (Å²) in [5.74, 6) is 0.0880. The number of Topliss-reactive ketones (excluding diaryl/α,β-unsaturated/α-hetero) is 2. The molecule has 0 heterocycles. The van der Waals surface area contributed by atoms with Gasteiger partial charge >= 0.3 is 0 Å². The summed E-state index contributed by atoms with van der Waals surface area (Å²) in [7, 11) is 0. The molecular weight excluding hydrogens is 104 g/mol. The SMILES string of the molecule is O=C1C(=O)C2CC1C2. The lowest BCUT2D eigenvalue weighted by atomic mass is 9.84. The fraction of sp³-hybridized carbons (Fsp3) is 0.667. The fourth-order valence-corrected chi connectivity index (χ4v) is 1.45. The second-order valence-corrected chi connectivity index (χ2v) is 2.59. The van der Waals surface area contributed by atoms with Crippen molar-refractivity contribution in [2.45, 2.75) is 12.8 Å². The van der Waals surface area contributed by atoms with Gasteiger partial charge in [0.15, 0.2) is 0 Å². The lowest BCUT2D eigenvalue weighted by Gasteiger charge is -2.17. The average molecular weight is 110 g/mol. The summed E-state index contributed by atoms with van der Waals surface area (Å²) in [6.07, 6.45) is 1.72. The Kier molecular flexibility index (Phi) is 0.539. The molecule has 2 heteroatoms. The summed E-state index contributed by atoms with van der Waals surface area (Å²) >= 11 is 0. The predicted molar refractivity (Wildman–Crippen MR) is 26.2 cm³/mol. The van der Waals surface area contributed by atoms with Crippen molar-refractivity contribution in [3.05, 3.63) is 0 Å². The number of ketones is 2. The van der Waals surface area contributed by atoms with Crippen LogP contribution in [0, 0.1) is 11.8 Å². The highest BCUT2D eigenvalue weighted by Gasteiger charge is 2.50. The third-order valence-electron chi connectivity index (χ3n) is 2.12. The molecule has 42 valence electrons. The van der Waals surface area contributed by atoms with Gasteiger partial charge in [0.25, 0.3) is 0 Å². The standard InChI is InChI=1S/C6H6O2/c7-5-3-1-4(2-3)6(5)8/h3-4H,1-2H2. The highest BCUT2D eigenvalue weighted by Crippen LogP contribution is 2.42. The van der Waals surface area contributed by atoms with Crippen LogP contribution in [-0.2, 0) is 9.59 Å².